The maximum atomic E-state index is 9.62. The van der Waals surface area contributed by atoms with Crippen molar-refractivity contribution < 1.29 is 9.84 Å². The number of methoxy groups -OCH3 is 1. The first kappa shape index (κ1) is 14.6. The van der Waals surface area contributed by atoms with Crippen LogP contribution in [0.5, 0.6) is 11.5 Å². The molecule has 0 aliphatic heterocycles. The normalized spacial score (nSPS) is 10.9. The fraction of sp³-hybridized carbons (Fsp3) is 0.333. The number of phenols is 1. The van der Waals surface area contributed by atoms with Crippen molar-refractivity contribution in [2.75, 3.05) is 7.11 Å². The van der Waals surface area contributed by atoms with Gasteiger partial charge in [0.15, 0.2) is 17.3 Å². The third kappa shape index (κ3) is 2.70. The fourth-order valence-corrected chi connectivity index (χ4v) is 2.58. The fourth-order valence-electron chi connectivity index (χ4n) is 2.15. The van der Waals surface area contributed by atoms with Gasteiger partial charge in [-0.2, -0.15) is 0 Å². The summed E-state index contributed by atoms with van der Waals surface area (Å²) >= 11 is 6.25. The summed E-state index contributed by atoms with van der Waals surface area (Å²) in [4.78, 5) is 8.85. The Bertz CT molecular complexity index is 619. The van der Waals surface area contributed by atoms with Gasteiger partial charge < -0.3 is 9.84 Å². The summed E-state index contributed by atoms with van der Waals surface area (Å²) in [5.74, 6) is 1.26. The van der Waals surface area contributed by atoms with Crippen LogP contribution in [-0.4, -0.2) is 22.2 Å². The topological polar surface area (TPSA) is 55.2 Å². The first-order chi connectivity index (χ1) is 9.43. The van der Waals surface area contributed by atoms with Crippen molar-refractivity contribution in [1.82, 2.24) is 9.97 Å². The van der Waals surface area contributed by atoms with Crippen molar-refractivity contribution >= 4 is 11.6 Å². The van der Waals surface area contributed by atoms with E-state index in [1.807, 2.05) is 6.92 Å². The quantitative estimate of drug-likeness (QED) is 0.871. The van der Waals surface area contributed by atoms with Crippen molar-refractivity contribution in [3.05, 3.63) is 34.6 Å². The molecule has 0 aliphatic carbocycles. The van der Waals surface area contributed by atoms with Gasteiger partial charge in [0.05, 0.1) is 7.11 Å². The maximum Gasteiger partial charge on any atom is 0.161 e. The molecule has 0 saturated carbocycles. The predicted molar refractivity (Wildman–Crippen MR) is 79.5 cm³/mol. The van der Waals surface area contributed by atoms with E-state index in [4.69, 9.17) is 16.3 Å². The standard InChI is InChI=1S/C15H17ClN2O2/c1-8(2)13-9(3)17-15(18-14(13)16)10-5-6-11(19)12(7-10)20-4/h5-8,19H,1-4H3. The van der Waals surface area contributed by atoms with Crippen LogP contribution < -0.4 is 4.74 Å². The summed E-state index contributed by atoms with van der Waals surface area (Å²) in [5, 5.41) is 10.1. The molecule has 0 fully saturated rings. The highest BCUT2D eigenvalue weighted by atomic mass is 35.5. The van der Waals surface area contributed by atoms with Crippen molar-refractivity contribution in [2.45, 2.75) is 26.7 Å². The Labute approximate surface area is 123 Å². The zero-order chi connectivity index (χ0) is 14.9. The molecule has 0 atom stereocenters. The second-order valence-electron chi connectivity index (χ2n) is 4.88. The molecule has 0 radical (unpaired) electrons. The number of rotatable bonds is 3. The molecular weight excluding hydrogens is 276 g/mol. The summed E-state index contributed by atoms with van der Waals surface area (Å²) in [7, 11) is 1.50. The molecule has 1 aromatic heterocycles. The predicted octanol–water partition coefficient (Wildman–Crippen LogP) is 3.94. The number of hydrogen-bond acceptors (Lipinski definition) is 4. The molecule has 1 heterocycles. The largest absolute Gasteiger partial charge is 0.504 e. The van der Waals surface area contributed by atoms with E-state index in [1.54, 1.807) is 18.2 Å². The van der Waals surface area contributed by atoms with Crippen molar-refractivity contribution in [3.63, 3.8) is 0 Å². The molecule has 0 amide bonds. The van der Waals surface area contributed by atoms with E-state index in [-0.39, 0.29) is 11.7 Å². The lowest BCUT2D eigenvalue weighted by Crippen LogP contribution is -2.02. The van der Waals surface area contributed by atoms with E-state index in [0.29, 0.717) is 16.7 Å². The molecule has 0 saturated heterocycles. The Balaban J connectivity index is 2.54. The third-order valence-corrected chi connectivity index (χ3v) is 3.39. The van der Waals surface area contributed by atoms with Gasteiger partial charge in [0.25, 0.3) is 0 Å². The van der Waals surface area contributed by atoms with Crippen LogP contribution in [0.15, 0.2) is 18.2 Å². The molecule has 0 aliphatic rings. The van der Waals surface area contributed by atoms with Crippen LogP contribution >= 0.6 is 11.6 Å². The van der Waals surface area contributed by atoms with Crippen LogP contribution in [0.4, 0.5) is 0 Å². The minimum atomic E-state index is 0.0814. The molecule has 0 spiro atoms. The number of hydrogen-bond donors (Lipinski definition) is 1. The van der Waals surface area contributed by atoms with E-state index in [1.165, 1.54) is 7.11 Å². The van der Waals surface area contributed by atoms with E-state index in [9.17, 15) is 5.11 Å². The van der Waals surface area contributed by atoms with E-state index in [2.05, 4.69) is 23.8 Å². The molecule has 1 N–H and O–H groups in total. The second kappa shape index (κ2) is 5.67. The number of aromatic nitrogens is 2. The van der Waals surface area contributed by atoms with Gasteiger partial charge in [-0.1, -0.05) is 25.4 Å². The van der Waals surface area contributed by atoms with Crippen LogP contribution in [0.2, 0.25) is 5.15 Å². The van der Waals surface area contributed by atoms with E-state index < -0.39 is 0 Å². The first-order valence-corrected chi connectivity index (χ1v) is 6.73. The molecular formula is C15H17ClN2O2. The Kier molecular flexibility index (Phi) is 4.14. The van der Waals surface area contributed by atoms with Crippen LogP contribution in [-0.2, 0) is 0 Å². The Morgan fingerprint density at radius 3 is 2.50 bits per heavy atom. The molecule has 1 aromatic carbocycles. The van der Waals surface area contributed by atoms with Gasteiger partial charge in [-0.05, 0) is 31.0 Å². The molecule has 2 aromatic rings. The monoisotopic (exact) mass is 292 g/mol. The highest BCUT2D eigenvalue weighted by Gasteiger charge is 2.15. The average Bonchev–Trinajstić information content (AvgIpc) is 2.37. The van der Waals surface area contributed by atoms with Gasteiger partial charge in [-0.25, -0.2) is 9.97 Å². The molecule has 0 bridgehead atoms. The molecule has 106 valence electrons. The number of aryl methyl sites for hydroxylation is 1. The molecule has 2 rings (SSSR count). The highest BCUT2D eigenvalue weighted by molar-refractivity contribution is 6.30. The van der Waals surface area contributed by atoms with Crippen LogP contribution in [0.25, 0.3) is 11.4 Å². The first-order valence-electron chi connectivity index (χ1n) is 6.35. The summed E-state index contributed by atoms with van der Waals surface area (Å²) in [6, 6.07) is 4.98. The molecule has 0 unspecified atom stereocenters. The molecule has 5 heteroatoms. The summed E-state index contributed by atoms with van der Waals surface area (Å²) in [6.45, 7) is 6.03. The Morgan fingerprint density at radius 1 is 1.25 bits per heavy atom. The van der Waals surface area contributed by atoms with Gasteiger partial charge in [0.1, 0.15) is 5.15 Å². The SMILES string of the molecule is COc1cc(-c2nc(C)c(C(C)C)c(Cl)n2)ccc1O. The lowest BCUT2D eigenvalue weighted by atomic mass is 10.0. The Morgan fingerprint density at radius 2 is 1.95 bits per heavy atom. The number of phenolic OH excluding ortho intramolecular Hbond substituents is 1. The van der Waals surface area contributed by atoms with Gasteiger partial charge in [0, 0.05) is 16.8 Å². The van der Waals surface area contributed by atoms with Crippen molar-refractivity contribution in [2.24, 2.45) is 0 Å². The number of aromatic hydroxyl groups is 1. The Hall–Kier alpha value is -1.81. The third-order valence-electron chi connectivity index (χ3n) is 3.10. The minimum absolute atomic E-state index is 0.0814. The van der Waals surface area contributed by atoms with Crippen LogP contribution in [0, 0.1) is 6.92 Å². The average molecular weight is 293 g/mol. The zero-order valence-electron chi connectivity index (χ0n) is 11.9. The molecule has 20 heavy (non-hydrogen) atoms. The number of halogens is 1. The number of benzene rings is 1. The lowest BCUT2D eigenvalue weighted by molar-refractivity contribution is 0.373. The number of nitrogens with zero attached hydrogens (tertiary/aromatic N) is 2. The van der Waals surface area contributed by atoms with Crippen LogP contribution in [0.1, 0.15) is 31.0 Å². The summed E-state index contributed by atoms with van der Waals surface area (Å²) in [6.07, 6.45) is 0. The smallest absolute Gasteiger partial charge is 0.161 e. The van der Waals surface area contributed by atoms with E-state index >= 15 is 0 Å². The van der Waals surface area contributed by atoms with Gasteiger partial charge >= 0.3 is 0 Å². The van der Waals surface area contributed by atoms with Gasteiger partial charge in [-0.3, -0.25) is 0 Å². The summed E-state index contributed by atoms with van der Waals surface area (Å²) in [5.41, 5.74) is 2.57. The minimum Gasteiger partial charge on any atom is -0.504 e. The zero-order valence-corrected chi connectivity index (χ0v) is 12.7. The van der Waals surface area contributed by atoms with Gasteiger partial charge in [-0.15, -0.1) is 0 Å². The number of ether oxygens (including phenoxy) is 1. The van der Waals surface area contributed by atoms with Crippen molar-refractivity contribution in [1.29, 1.82) is 0 Å². The van der Waals surface area contributed by atoms with Crippen molar-refractivity contribution in [3.8, 4) is 22.9 Å². The highest BCUT2D eigenvalue weighted by Crippen LogP contribution is 2.32. The lowest BCUT2D eigenvalue weighted by Gasteiger charge is -2.13. The van der Waals surface area contributed by atoms with Gasteiger partial charge in [0.2, 0.25) is 0 Å². The maximum absolute atomic E-state index is 9.62. The second-order valence-corrected chi connectivity index (χ2v) is 5.24. The molecule has 4 nitrogen and oxygen atoms in total. The van der Waals surface area contributed by atoms with E-state index in [0.717, 1.165) is 16.8 Å². The van der Waals surface area contributed by atoms with Crippen LogP contribution in [0.3, 0.4) is 0 Å². The summed E-state index contributed by atoms with van der Waals surface area (Å²) < 4.78 is 5.09.